The lowest BCUT2D eigenvalue weighted by Gasteiger charge is -2.16. The molecule has 4 aromatic rings. The summed E-state index contributed by atoms with van der Waals surface area (Å²) >= 11 is 0. The van der Waals surface area contributed by atoms with E-state index in [4.69, 9.17) is 5.73 Å². The fourth-order valence-corrected chi connectivity index (χ4v) is 4.82. The molecule has 1 aliphatic carbocycles. The number of nitrogens with two attached hydrogens (primary N) is 1. The summed E-state index contributed by atoms with van der Waals surface area (Å²) in [5.41, 5.74) is 9.58. The Balaban J connectivity index is 1.45. The Kier molecular flexibility index (Phi) is 5.82. The van der Waals surface area contributed by atoms with Gasteiger partial charge < -0.3 is 11.1 Å². The van der Waals surface area contributed by atoms with Crippen LogP contribution < -0.4 is 16.6 Å². The van der Waals surface area contributed by atoms with Gasteiger partial charge in [-0.1, -0.05) is 29.8 Å². The molecule has 4 N–H and O–H groups in total. The Morgan fingerprint density at radius 2 is 1.97 bits per heavy atom. The molecule has 0 saturated heterocycles. The van der Waals surface area contributed by atoms with E-state index in [2.05, 4.69) is 20.6 Å². The predicted octanol–water partition coefficient (Wildman–Crippen LogP) is 4.14. The maximum Gasteiger partial charge on any atom is 0.275 e. The zero-order chi connectivity index (χ0) is 25.6. The van der Waals surface area contributed by atoms with Crippen LogP contribution in [0.1, 0.15) is 57.9 Å². The summed E-state index contributed by atoms with van der Waals surface area (Å²) in [6.07, 6.45) is 0.347. The van der Waals surface area contributed by atoms with Crippen LogP contribution in [-0.2, 0) is 6.54 Å². The summed E-state index contributed by atoms with van der Waals surface area (Å²) < 4.78 is 30.6. The third-order valence-corrected chi connectivity index (χ3v) is 6.77. The number of nitrogen functional groups attached to an aromatic ring is 1. The highest BCUT2D eigenvalue weighted by Crippen LogP contribution is 2.47. The number of carbonyl (C=O) groups excluding carboxylic acids is 1. The fraction of sp³-hybridized carbons (Fsp3) is 0.308. The van der Waals surface area contributed by atoms with Gasteiger partial charge in [-0.2, -0.15) is 10.2 Å². The molecule has 0 bridgehead atoms. The number of benzene rings is 2. The number of aromatic amines is 1. The van der Waals surface area contributed by atoms with Crippen LogP contribution in [0.15, 0.2) is 47.3 Å². The lowest BCUT2D eigenvalue weighted by Crippen LogP contribution is -2.23. The molecule has 1 atom stereocenters. The summed E-state index contributed by atoms with van der Waals surface area (Å²) in [5, 5.41) is 13.5. The molecule has 2 aromatic heterocycles. The van der Waals surface area contributed by atoms with Gasteiger partial charge in [-0.15, -0.1) is 0 Å². The molecule has 2 heterocycles. The number of anilines is 1. The van der Waals surface area contributed by atoms with Gasteiger partial charge in [0.05, 0.1) is 22.7 Å². The minimum absolute atomic E-state index is 0.00507. The molecule has 0 aliphatic heterocycles. The zero-order valence-corrected chi connectivity index (χ0v) is 19.9. The molecule has 1 fully saturated rings. The third-order valence-electron chi connectivity index (χ3n) is 6.77. The van der Waals surface area contributed by atoms with Crippen molar-refractivity contribution >= 4 is 22.6 Å². The Labute approximate surface area is 205 Å². The standard InChI is InChI=1S/C26H26F2N6O2/c1-14-5-6-15(2)18(12-14)24(35)30-13-16-7-9-17(10-8-16)34-22-20(25(36)32-31-23(22)29)21(33-34)19-4-3-11-26(19,27)28/h5-10,12,19H,3-4,11,13H2,1-2H3,(H2,29,31)(H,30,35)(H,32,36). The van der Waals surface area contributed by atoms with Crippen molar-refractivity contribution in [3.8, 4) is 5.69 Å². The Hall–Kier alpha value is -4.08. The number of nitrogens with zero attached hydrogens (tertiary/aromatic N) is 3. The van der Waals surface area contributed by atoms with Gasteiger partial charge in [0.2, 0.25) is 0 Å². The van der Waals surface area contributed by atoms with Gasteiger partial charge in [-0.25, -0.2) is 18.6 Å². The molecule has 0 spiro atoms. The second-order valence-corrected chi connectivity index (χ2v) is 9.33. The maximum atomic E-state index is 14.6. The van der Waals surface area contributed by atoms with Crippen molar-refractivity contribution in [1.29, 1.82) is 0 Å². The highest BCUT2D eigenvalue weighted by atomic mass is 19.3. The van der Waals surface area contributed by atoms with Gasteiger partial charge in [0, 0.05) is 18.5 Å². The molecule has 5 rings (SSSR count). The molecule has 1 saturated carbocycles. The van der Waals surface area contributed by atoms with E-state index in [0.717, 1.165) is 16.7 Å². The number of carbonyl (C=O) groups is 1. The van der Waals surface area contributed by atoms with Crippen molar-refractivity contribution in [2.45, 2.75) is 51.5 Å². The lowest BCUT2D eigenvalue weighted by atomic mass is 9.98. The number of alkyl halides is 2. The number of fused-ring (bicyclic) bond motifs is 1. The van der Waals surface area contributed by atoms with Crippen molar-refractivity contribution in [2.24, 2.45) is 0 Å². The predicted molar refractivity (Wildman–Crippen MR) is 133 cm³/mol. The number of H-pyrrole nitrogens is 1. The minimum atomic E-state index is -2.95. The van der Waals surface area contributed by atoms with Crippen LogP contribution in [0.25, 0.3) is 16.6 Å². The van der Waals surface area contributed by atoms with Gasteiger partial charge in [0.1, 0.15) is 5.52 Å². The topological polar surface area (TPSA) is 119 Å². The fourth-order valence-electron chi connectivity index (χ4n) is 4.82. The second kappa shape index (κ2) is 8.85. The zero-order valence-electron chi connectivity index (χ0n) is 19.9. The van der Waals surface area contributed by atoms with E-state index in [1.807, 2.05) is 32.0 Å². The van der Waals surface area contributed by atoms with E-state index in [-0.39, 0.29) is 41.2 Å². The summed E-state index contributed by atoms with van der Waals surface area (Å²) in [6, 6.07) is 12.8. The lowest BCUT2D eigenvalue weighted by molar-refractivity contribution is -0.00980. The number of nitrogens with one attached hydrogen (secondary N) is 2. The number of halogens is 2. The average Bonchev–Trinajstić information content (AvgIpc) is 3.42. The number of hydrogen-bond acceptors (Lipinski definition) is 5. The number of hydrogen-bond donors (Lipinski definition) is 3. The quantitative estimate of drug-likeness (QED) is 0.387. The monoisotopic (exact) mass is 492 g/mol. The summed E-state index contributed by atoms with van der Waals surface area (Å²) in [4.78, 5) is 25.3. The normalized spacial score (nSPS) is 16.9. The van der Waals surface area contributed by atoms with Crippen LogP contribution >= 0.6 is 0 Å². The molecular weight excluding hydrogens is 466 g/mol. The van der Waals surface area contributed by atoms with Crippen molar-refractivity contribution in [2.75, 3.05) is 5.73 Å². The molecule has 1 unspecified atom stereocenters. The Morgan fingerprint density at radius 1 is 1.22 bits per heavy atom. The Morgan fingerprint density at radius 3 is 2.67 bits per heavy atom. The van der Waals surface area contributed by atoms with Crippen LogP contribution in [0.5, 0.6) is 0 Å². The second-order valence-electron chi connectivity index (χ2n) is 9.33. The first-order valence-electron chi connectivity index (χ1n) is 11.7. The molecule has 2 aromatic carbocycles. The van der Waals surface area contributed by atoms with Crippen molar-refractivity contribution < 1.29 is 13.6 Å². The van der Waals surface area contributed by atoms with E-state index in [1.54, 1.807) is 24.3 Å². The van der Waals surface area contributed by atoms with Crippen LogP contribution in [-0.4, -0.2) is 31.8 Å². The smallest absolute Gasteiger partial charge is 0.275 e. The molecule has 1 aliphatic rings. The van der Waals surface area contributed by atoms with E-state index in [0.29, 0.717) is 24.2 Å². The summed E-state index contributed by atoms with van der Waals surface area (Å²) in [7, 11) is 0. The SMILES string of the molecule is Cc1ccc(C)c(C(=O)NCc2ccc(-n3nc(C4CCCC4(F)F)c4c(=O)[nH]nc(N)c43)cc2)c1. The van der Waals surface area contributed by atoms with Crippen molar-refractivity contribution in [3.05, 3.63) is 80.8 Å². The number of aryl methyl sites for hydroxylation is 2. The van der Waals surface area contributed by atoms with Crippen LogP contribution in [0.3, 0.4) is 0 Å². The van der Waals surface area contributed by atoms with Crippen molar-refractivity contribution in [1.82, 2.24) is 25.3 Å². The minimum Gasteiger partial charge on any atom is -0.380 e. The van der Waals surface area contributed by atoms with Crippen LogP contribution in [0, 0.1) is 13.8 Å². The third kappa shape index (κ3) is 4.12. The molecule has 0 radical (unpaired) electrons. The number of rotatable bonds is 5. The van der Waals surface area contributed by atoms with E-state index >= 15 is 0 Å². The first kappa shape index (κ1) is 23.7. The van der Waals surface area contributed by atoms with Gasteiger partial charge in [0.15, 0.2) is 5.82 Å². The van der Waals surface area contributed by atoms with E-state index in [1.165, 1.54) is 4.68 Å². The van der Waals surface area contributed by atoms with Gasteiger partial charge in [-0.3, -0.25) is 9.59 Å². The number of aromatic nitrogens is 4. The molecule has 186 valence electrons. The maximum absolute atomic E-state index is 14.6. The molecule has 36 heavy (non-hydrogen) atoms. The van der Waals surface area contributed by atoms with E-state index in [9.17, 15) is 18.4 Å². The average molecular weight is 493 g/mol. The first-order valence-corrected chi connectivity index (χ1v) is 11.7. The molecule has 10 heteroatoms. The largest absolute Gasteiger partial charge is 0.380 e. The molecular formula is C26H26F2N6O2. The molecule has 8 nitrogen and oxygen atoms in total. The van der Waals surface area contributed by atoms with Gasteiger partial charge in [-0.05, 0) is 56.0 Å². The highest BCUT2D eigenvalue weighted by molar-refractivity contribution is 5.95. The van der Waals surface area contributed by atoms with Crippen molar-refractivity contribution in [3.63, 3.8) is 0 Å². The number of amides is 1. The van der Waals surface area contributed by atoms with Gasteiger partial charge in [0.25, 0.3) is 17.4 Å². The Bertz CT molecular complexity index is 1520. The van der Waals surface area contributed by atoms with E-state index < -0.39 is 17.4 Å². The summed E-state index contributed by atoms with van der Waals surface area (Å²) in [6.45, 7) is 4.12. The van der Waals surface area contributed by atoms with Crippen LogP contribution in [0.4, 0.5) is 14.6 Å². The van der Waals surface area contributed by atoms with Crippen LogP contribution in [0.2, 0.25) is 0 Å². The highest BCUT2D eigenvalue weighted by Gasteiger charge is 2.47. The molecule has 1 amide bonds. The first-order chi connectivity index (χ1) is 17.2. The summed E-state index contributed by atoms with van der Waals surface area (Å²) in [5.74, 6) is -4.29. The van der Waals surface area contributed by atoms with Gasteiger partial charge >= 0.3 is 0 Å².